The largest absolute Gasteiger partial charge is 0.444 e. The van der Waals surface area contributed by atoms with E-state index in [1.807, 2.05) is 91.7 Å². The number of hydrogen-bond acceptors (Lipinski definition) is 7. The van der Waals surface area contributed by atoms with E-state index in [4.69, 9.17) is 4.74 Å². The monoisotopic (exact) mass is 628 g/mol. The molecule has 6 rings (SSSR count). The standard InChI is InChI=1S/C35H40N4O5S/c1-34(2,3)44-33(42)38-17-14-26(27(20-38)24-10-6-4-7-11-24)31(40)37-18-15-35(43,16-19-37)22-39-23-36-29-28(32(39)41)21-45-30(29)25-12-8-5-9-13-25/h4-13,21,23,26-27,43H,14-20,22H2,1-3H3/t26-,27+/m1/s1. The number of aromatic nitrogens is 2. The topological polar surface area (TPSA) is 105 Å². The van der Waals surface area contributed by atoms with Crippen LogP contribution in [0.2, 0.25) is 0 Å². The van der Waals surface area contributed by atoms with E-state index >= 15 is 0 Å². The molecule has 2 fully saturated rings. The Morgan fingerprint density at radius 1 is 1.00 bits per heavy atom. The van der Waals surface area contributed by atoms with E-state index in [-0.39, 0.29) is 35.9 Å². The van der Waals surface area contributed by atoms with E-state index < -0.39 is 11.2 Å². The molecule has 2 atom stereocenters. The van der Waals surface area contributed by atoms with Crippen LogP contribution in [0.3, 0.4) is 0 Å². The molecule has 0 aliphatic carbocycles. The second-order valence-electron chi connectivity index (χ2n) is 13.3. The summed E-state index contributed by atoms with van der Waals surface area (Å²) in [4.78, 5) is 49.4. The van der Waals surface area contributed by atoms with Crippen LogP contribution in [0.1, 0.15) is 51.5 Å². The number of fused-ring (bicyclic) bond motifs is 1. The molecule has 2 aromatic heterocycles. The summed E-state index contributed by atoms with van der Waals surface area (Å²) in [5.41, 5.74) is 0.802. The summed E-state index contributed by atoms with van der Waals surface area (Å²) in [7, 11) is 0. The van der Waals surface area contributed by atoms with Crippen LogP contribution in [-0.2, 0) is 16.1 Å². The Morgan fingerprint density at radius 3 is 2.33 bits per heavy atom. The molecule has 1 N–H and O–H groups in total. The lowest BCUT2D eigenvalue weighted by Crippen LogP contribution is -2.53. The van der Waals surface area contributed by atoms with Crippen molar-refractivity contribution in [2.45, 2.75) is 63.7 Å². The highest BCUT2D eigenvalue weighted by Gasteiger charge is 2.42. The van der Waals surface area contributed by atoms with Gasteiger partial charge in [0.15, 0.2) is 0 Å². The van der Waals surface area contributed by atoms with E-state index in [1.165, 1.54) is 22.2 Å². The summed E-state index contributed by atoms with van der Waals surface area (Å²) < 4.78 is 7.13. The lowest BCUT2D eigenvalue weighted by atomic mass is 9.79. The first-order valence-electron chi connectivity index (χ1n) is 15.6. The average molecular weight is 629 g/mol. The summed E-state index contributed by atoms with van der Waals surface area (Å²) in [5.74, 6) is -0.408. The molecule has 4 heterocycles. The fraction of sp³-hybridized carbons (Fsp3) is 0.429. The molecular formula is C35H40N4O5S. The number of likely N-dealkylation sites (tertiary alicyclic amines) is 2. The van der Waals surface area contributed by atoms with Gasteiger partial charge in [0.25, 0.3) is 5.56 Å². The second-order valence-corrected chi connectivity index (χ2v) is 14.1. The van der Waals surface area contributed by atoms with Gasteiger partial charge in [0, 0.05) is 43.4 Å². The van der Waals surface area contributed by atoms with Crippen molar-refractivity contribution in [3.8, 4) is 10.4 Å². The van der Waals surface area contributed by atoms with Crippen molar-refractivity contribution in [1.82, 2.24) is 19.4 Å². The third kappa shape index (κ3) is 6.67. The van der Waals surface area contributed by atoms with E-state index in [0.29, 0.717) is 56.3 Å². The van der Waals surface area contributed by atoms with Gasteiger partial charge in [-0.3, -0.25) is 14.2 Å². The predicted molar refractivity (Wildman–Crippen MR) is 175 cm³/mol. The molecule has 10 heteroatoms. The van der Waals surface area contributed by atoms with Crippen molar-refractivity contribution >= 4 is 34.2 Å². The molecule has 0 saturated carbocycles. The van der Waals surface area contributed by atoms with Gasteiger partial charge in [-0.15, -0.1) is 11.3 Å². The van der Waals surface area contributed by atoms with Gasteiger partial charge in [0.2, 0.25) is 5.91 Å². The first-order chi connectivity index (χ1) is 21.5. The first-order valence-corrected chi connectivity index (χ1v) is 16.5. The van der Waals surface area contributed by atoms with E-state index in [2.05, 4.69) is 4.98 Å². The number of ether oxygens (including phenoxy) is 1. The smallest absolute Gasteiger partial charge is 0.410 e. The molecule has 45 heavy (non-hydrogen) atoms. The number of carbonyl (C=O) groups is 2. The van der Waals surface area contributed by atoms with Gasteiger partial charge in [-0.2, -0.15) is 0 Å². The minimum absolute atomic E-state index is 0.0432. The van der Waals surface area contributed by atoms with Gasteiger partial charge in [-0.25, -0.2) is 9.78 Å². The van der Waals surface area contributed by atoms with Crippen molar-refractivity contribution in [2.75, 3.05) is 26.2 Å². The molecule has 2 saturated heterocycles. The number of thiophene rings is 1. The predicted octanol–water partition coefficient (Wildman–Crippen LogP) is 5.52. The molecule has 0 unspecified atom stereocenters. The molecular weight excluding hydrogens is 588 g/mol. The lowest BCUT2D eigenvalue weighted by Gasteiger charge is -2.43. The van der Waals surface area contributed by atoms with E-state index in [1.54, 1.807) is 4.90 Å². The number of aliphatic hydroxyl groups is 1. The van der Waals surface area contributed by atoms with Crippen molar-refractivity contribution in [3.63, 3.8) is 0 Å². The molecule has 236 valence electrons. The second kappa shape index (κ2) is 12.4. The van der Waals surface area contributed by atoms with Crippen molar-refractivity contribution in [2.24, 2.45) is 5.92 Å². The molecule has 0 spiro atoms. The van der Waals surface area contributed by atoms with Gasteiger partial charge in [0.1, 0.15) is 5.60 Å². The van der Waals surface area contributed by atoms with Gasteiger partial charge >= 0.3 is 6.09 Å². The van der Waals surface area contributed by atoms with Crippen molar-refractivity contribution < 1.29 is 19.4 Å². The minimum Gasteiger partial charge on any atom is -0.444 e. The highest BCUT2D eigenvalue weighted by Crippen LogP contribution is 2.36. The fourth-order valence-electron chi connectivity index (χ4n) is 6.50. The lowest BCUT2D eigenvalue weighted by molar-refractivity contribution is -0.142. The first kappa shape index (κ1) is 31.0. The summed E-state index contributed by atoms with van der Waals surface area (Å²) in [6.45, 7) is 7.30. The summed E-state index contributed by atoms with van der Waals surface area (Å²) >= 11 is 1.49. The zero-order chi connectivity index (χ0) is 31.8. The van der Waals surface area contributed by atoms with Crippen LogP contribution in [-0.4, -0.2) is 73.8 Å². The Morgan fingerprint density at radius 2 is 1.67 bits per heavy atom. The zero-order valence-corrected chi connectivity index (χ0v) is 26.8. The molecule has 2 amide bonds. The van der Waals surface area contributed by atoms with Crippen LogP contribution in [0.25, 0.3) is 21.3 Å². The number of benzene rings is 2. The van der Waals surface area contributed by atoms with Crippen molar-refractivity contribution in [1.29, 1.82) is 0 Å². The van der Waals surface area contributed by atoms with Crippen LogP contribution in [0.5, 0.6) is 0 Å². The zero-order valence-electron chi connectivity index (χ0n) is 26.0. The quantitative estimate of drug-likeness (QED) is 0.312. The third-order valence-electron chi connectivity index (χ3n) is 8.90. The van der Waals surface area contributed by atoms with Gasteiger partial charge in [-0.05, 0) is 51.2 Å². The Kier molecular flexibility index (Phi) is 8.54. The number of piperidine rings is 2. The maximum atomic E-state index is 14.0. The summed E-state index contributed by atoms with van der Waals surface area (Å²) in [5, 5.41) is 13.9. The van der Waals surface area contributed by atoms with Crippen LogP contribution in [0.4, 0.5) is 4.79 Å². The molecule has 0 bridgehead atoms. The number of rotatable bonds is 5. The van der Waals surface area contributed by atoms with Crippen molar-refractivity contribution in [3.05, 3.63) is 88.3 Å². The highest BCUT2D eigenvalue weighted by molar-refractivity contribution is 7.15. The molecule has 2 aromatic carbocycles. The van der Waals surface area contributed by atoms with Gasteiger partial charge < -0.3 is 19.6 Å². The Bertz CT molecular complexity index is 1720. The minimum atomic E-state index is -1.13. The summed E-state index contributed by atoms with van der Waals surface area (Å²) in [6.07, 6.45) is 2.41. The van der Waals surface area contributed by atoms with E-state index in [0.717, 1.165) is 16.0 Å². The average Bonchev–Trinajstić information content (AvgIpc) is 3.47. The van der Waals surface area contributed by atoms with Gasteiger partial charge in [-0.1, -0.05) is 60.7 Å². The number of hydrogen-bond donors (Lipinski definition) is 1. The Labute approximate surface area is 267 Å². The van der Waals surface area contributed by atoms with Crippen LogP contribution in [0.15, 0.2) is 77.2 Å². The SMILES string of the molecule is CC(C)(C)OC(=O)N1CC[C@@H](C(=O)N2CCC(O)(Cn3cnc4c(-c5ccccc5)scc4c3=O)CC2)[C@H](c2ccccc2)C1. The van der Waals surface area contributed by atoms with Crippen LogP contribution < -0.4 is 5.56 Å². The molecule has 9 nitrogen and oxygen atoms in total. The maximum Gasteiger partial charge on any atom is 0.410 e. The highest BCUT2D eigenvalue weighted by atomic mass is 32.1. The number of nitrogens with zero attached hydrogens (tertiary/aromatic N) is 4. The van der Waals surface area contributed by atoms with E-state index in [9.17, 15) is 19.5 Å². The van der Waals surface area contributed by atoms with Crippen LogP contribution >= 0.6 is 11.3 Å². The molecule has 0 radical (unpaired) electrons. The Hall–Kier alpha value is -4.02. The Balaban J connectivity index is 1.13. The number of carbonyl (C=O) groups excluding carboxylic acids is 2. The maximum absolute atomic E-state index is 14.0. The molecule has 2 aliphatic heterocycles. The molecule has 2 aliphatic rings. The van der Waals surface area contributed by atoms with Crippen LogP contribution in [0, 0.1) is 5.92 Å². The van der Waals surface area contributed by atoms with Gasteiger partial charge in [0.05, 0.1) is 34.3 Å². The third-order valence-corrected chi connectivity index (χ3v) is 9.92. The summed E-state index contributed by atoms with van der Waals surface area (Å²) in [6, 6.07) is 19.8. The molecule has 4 aromatic rings. The fourth-order valence-corrected chi connectivity index (χ4v) is 7.50. The number of amides is 2. The normalized spacial score (nSPS) is 20.3.